The molecule has 0 N–H and O–H groups in total. The van der Waals surface area contributed by atoms with Crippen LogP contribution in [0.4, 0.5) is 0 Å². The first-order chi connectivity index (χ1) is 4.90. The van der Waals surface area contributed by atoms with E-state index in [0.717, 1.165) is 25.9 Å². The Hall–Kier alpha value is -0.0800. The number of fused-ring (bicyclic) bond motifs is 1. The van der Waals surface area contributed by atoms with Crippen molar-refractivity contribution in [3.8, 4) is 0 Å². The molecule has 0 spiro atoms. The van der Waals surface area contributed by atoms with Gasteiger partial charge in [0.1, 0.15) is 0 Å². The minimum absolute atomic E-state index is 0.470. The van der Waals surface area contributed by atoms with E-state index in [1.807, 2.05) is 0 Å². The maximum Gasteiger partial charge on any atom is 0.0867 e. The Morgan fingerprint density at radius 3 is 3.10 bits per heavy atom. The molecule has 0 radical (unpaired) electrons. The summed E-state index contributed by atoms with van der Waals surface area (Å²) in [6.07, 6.45) is 4.94. The number of hydrogen-bond donors (Lipinski definition) is 0. The van der Waals surface area contributed by atoms with Gasteiger partial charge in [-0.3, -0.25) is 0 Å². The summed E-state index contributed by atoms with van der Waals surface area (Å²) in [6, 6.07) is 0. The molecule has 2 rings (SSSR count). The topological polar surface area (TPSA) is 21.8 Å². The van der Waals surface area contributed by atoms with E-state index in [1.165, 1.54) is 0 Å². The van der Waals surface area contributed by atoms with Gasteiger partial charge in [0.05, 0.1) is 18.3 Å². The SMILES string of the molecule is CC[C@@H]1C[C@H]2O[C@@H]2CCO1. The molecule has 0 aromatic rings. The van der Waals surface area contributed by atoms with Crippen LogP contribution in [-0.2, 0) is 9.47 Å². The van der Waals surface area contributed by atoms with Crippen LogP contribution in [0.2, 0.25) is 0 Å². The predicted molar refractivity (Wildman–Crippen MR) is 37.9 cm³/mol. The van der Waals surface area contributed by atoms with Gasteiger partial charge in [0.25, 0.3) is 0 Å². The summed E-state index contributed by atoms with van der Waals surface area (Å²) in [7, 11) is 0. The molecule has 2 saturated heterocycles. The molecule has 0 amide bonds. The van der Waals surface area contributed by atoms with Gasteiger partial charge in [0, 0.05) is 13.0 Å². The maximum atomic E-state index is 5.57. The fourth-order valence-corrected chi connectivity index (χ4v) is 1.60. The van der Waals surface area contributed by atoms with Gasteiger partial charge in [-0.2, -0.15) is 0 Å². The number of epoxide rings is 1. The summed E-state index contributed by atoms with van der Waals surface area (Å²) < 4.78 is 11.0. The normalized spacial score (nSPS) is 45.9. The second-order valence-electron chi connectivity index (χ2n) is 3.14. The first-order valence-electron chi connectivity index (χ1n) is 4.17. The van der Waals surface area contributed by atoms with E-state index in [2.05, 4.69) is 6.92 Å². The first-order valence-corrected chi connectivity index (χ1v) is 4.17. The van der Waals surface area contributed by atoms with E-state index in [-0.39, 0.29) is 0 Å². The Balaban J connectivity index is 1.88. The van der Waals surface area contributed by atoms with Gasteiger partial charge in [-0.1, -0.05) is 6.92 Å². The van der Waals surface area contributed by atoms with E-state index in [9.17, 15) is 0 Å². The minimum Gasteiger partial charge on any atom is -0.378 e. The first kappa shape index (κ1) is 6.62. The molecule has 0 aromatic heterocycles. The summed E-state index contributed by atoms with van der Waals surface area (Å²) in [5.74, 6) is 0. The van der Waals surface area contributed by atoms with Crippen molar-refractivity contribution >= 4 is 0 Å². The highest BCUT2D eigenvalue weighted by Crippen LogP contribution is 2.33. The van der Waals surface area contributed by atoms with Gasteiger partial charge in [-0.05, 0) is 12.8 Å². The molecule has 0 unspecified atom stereocenters. The number of hydrogen-bond acceptors (Lipinski definition) is 2. The van der Waals surface area contributed by atoms with Gasteiger partial charge in [-0.15, -0.1) is 0 Å². The molecule has 58 valence electrons. The molecule has 2 aliphatic rings. The van der Waals surface area contributed by atoms with Crippen LogP contribution in [0.5, 0.6) is 0 Å². The second kappa shape index (κ2) is 2.51. The predicted octanol–water partition coefficient (Wildman–Crippen LogP) is 1.34. The summed E-state index contributed by atoms with van der Waals surface area (Å²) in [5, 5.41) is 0. The van der Waals surface area contributed by atoms with Crippen LogP contribution in [0.1, 0.15) is 26.2 Å². The lowest BCUT2D eigenvalue weighted by Crippen LogP contribution is -2.12. The minimum atomic E-state index is 0.470. The van der Waals surface area contributed by atoms with Gasteiger partial charge >= 0.3 is 0 Å². The van der Waals surface area contributed by atoms with Gasteiger partial charge < -0.3 is 9.47 Å². The standard InChI is InChI=1S/C8H14O2/c1-2-6-5-8-7(10-8)3-4-9-6/h6-8H,2-5H2,1H3/t6-,7-,8-/m1/s1. The van der Waals surface area contributed by atoms with E-state index >= 15 is 0 Å². The van der Waals surface area contributed by atoms with Crippen molar-refractivity contribution in [2.45, 2.75) is 44.5 Å². The van der Waals surface area contributed by atoms with Crippen molar-refractivity contribution < 1.29 is 9.47 Å². The largest absolute Gasteiger partial charge is 0.378 e. The van der Waals surface area contributed by atoms with Crippen molar-refractivity contribution in [2.24, 2.45) is 0 Å². The van der Waals surface area contributed by atoms with Crippen molar-refractivity contribution in [1.82, 2.24) is 0 Å². The van der Waals surface area contributed by atoms with Crippen LogP contribution in [0.15, 0.2) is 0 Å². The maximum absolute atomic E-state index is 5.57. The Labute approximate surface area is 61.5 Å². The third-order valence-corrected chi connectivity index (χ3v) is 2.39. The number of rotatable bonds is 1. The molecular formula is C8H14O2. The van der Waals surface area contributed by atoms with Gasteiger partial charge in [-0.25, -0.2) is 0 Å². The molecule has 10 heavy (non-hydrogen) atoms. The lowest BCUT2D eigenvalue weighted by atomic mass is 10.1. The van der Waals surface area contributed by atoms with Crippen molar-refractivity contribution in [3.63, 3.8) is 0 Å². The zero-order chi connectivity index (χ0) is 6.97. The summed E-state index contributed by atoms with van der Waals surface area (Å²) in [5.41, 5.74) is 0. The van der Waals surface area contributed by atoms with Crippen LogP contribution >= 0.6 is 0 Å². The van der Waals surface area contributed by atoms with E-state index in [1.54, 1.807) is 0 Å². The average molecular weight is 142 g/mol. The van der Waals surface area contributed by atoms with Crippen LogP contribution < -0.4 is 0 Å². The fraction of sp³-hybridized carbons (Fsp3) is 1.00. The van der Waals surface area contributed by atoms with E-state index in [0.29, 0.717) is 18.3 Å². The Morgan fingerprint density at radius 2 is 2.30 bits per heavy atom. The van der Waals surface area contributed by atoms with Crippen molar-refractivity contribution in [2.75, 3.05) is 6.61 Å². The molecule has 0 saturated carbocycles. The Morgan fingerprint density at radius 1 is 1.40 bits per heavy atom. The summed E-state index contributed by atoms with van der Waals surface area (Å²) in [6.45, 7) is 3.08. The quantitative estimate of drug-likeness (QED) is 0.515. The molecule has 0 aliphatic carbocycles. The van der Waals surface area contributed by atoms with Crippen LogP contribution in [-0.4, -0.2) is 24.9 Å². The third kappa shape index (κ3) is 1.18. The molecule has 2 nitrogen and oxygen atoms in total. The van der Waals surface area contributed by atoms with E-state index < -0.39 is 0 Å². The Bertz CT molecular complexity index is 124. The van der Waals surface area contributed by atoms with Crippen LogP contribution in [0.3, 0.4) is 0 Å². The highest BCUT2D eigenvalue weighted by molar-refractivity contribution is 4.88. The Kier molecular flexibility index (Phi) is 1.66. The van der Waals surface area contributed by atoms with Crippen molar-refractivity contribution in [3.05, 3.63) is 0 Å². The zero-order valence-electron chi connectivity index (χ0n) is 6.38. The molecule has 2 heterocycles. The summed E-state index contributed by atoms with van der Waals surface area (Å²) in [4.78, 5) is 0. The van der Waals surface area contributed by atoms with Crippen molar-refractivity contribution in [1.29, 1.82) is 0 Å². The molecule has 2 fully saturated rings. The van der Waals surface area contributed by atoms with Gasteiger partial charge in [0.15, 0.2) is 0 Å². The second-order valence-corrected chi connectivity index (χ2v) is 3.14. The van der Waals surface area contributed by atoms with Crippen LogP contribution in [0, 0.1) is 0 Å². The third-order valence-electron chi connectivity index (χ3n) is 2.39. The molecular weight excluding hydrogens is 128 g/mol. The number of ether oxygens (including phenoxy) is 2. The molecule has 0 bridgehead atoms. The molecule has 2 heteroatoms. The zero-order valence-corrected chi connectivity index (χ0v) is 6.38. The van der Waals surface area contributed by atoms with Crippen LogP contribution in [0.25, 0.3) is 0 Å². The highest BCUT2D eigenvalue weighted by atomic mass is 16.6. The summed E-state index contributed by atoms with van der Waals surface area (Å²) >= 11 is 0. The molecule has 2 aliphatic heterocycles. The highest BCUT2D eigenvalue weighted by Gasteiger charge is 2.41. The van der Waals surface area contributed by atoms with Gasteiger partial charge in [0.2, 0.25) is 0 Å². The molecule has 0 aromatic carbocycles. The lowest BCUT2D eigenvalue weighted by molar-refractivity contribution is 0.0368. The molecule has 3 atom stereocenters. The fourth-order valence-electron chi connectivity index (χ4n) is 1.60. The lowest BCUT2D eigenvalue weighted by Gasteiger charge is -2.11. The van der Waals surface area contributed by atoms with E-state index in [4.69, 9.17) is 9.47 Å². The monoisotopic (exact) mass is 142 g/mol. The smallest absolute Gasteiger partial charge is 0.0867 e. The average Bonchev–Trinajstić information content (AvgIpc) is 2.61.